The van der Waals surface area contributed by atoms with Crippen LogP contribution in [0, 0.1) is 5.41 Å². The number of rotatable bonds is 3. The second-order valence-corrected chi connectivity index (χ2v) is 6.25. The van der Waals surface area contributed by atoms with Gasteiger partial charge in [-0.1, -0.05) is 36.7 Å². The van der Waals surface area contributed by atoms with E-state index in [1.807, 2.05) is 0 Å². The van der Waals surface area contributed by atoms with Gasteiger partial charge in [-0.25, -0.2) is 4.98 Å². The van der Waals surface area contributed by atoms with Gasteiger partial charge in [0.2, 0.25) is 0 Å². The summed E-state index contributed by atoms with van der Waals surface area (Å²) in [6, 6.07) is 0. The first-order valence-electron chi connectivity index (χ1n) is 4.73. The zero-order valence-electron chi connectivity index (χ0n) is 8.88. The summed E-state index contributed by atoms with van der Waals surface area (Å²) in [6.07, 6.45) is 0.875. The molecule has 0 saturated heterocycles. The molecule has 1 heterocycles. The van der Waals surface area contributed by atoms with Gasteiger partial charge in [0.05, 0.1) is 10.5 Å². The highest BCUT2D eigenvalue weighted by Gasteiger charge is 2.25. The minimum Gasteiger partial charge on any atom is -0.330 e. The molecule has 0 spiro atoms. The molecule has 0 bridgehead atoms. The van der Waals surface area contributed by atoms with Gasteiger partial charge in [-0.3, -0.25) is 0 Å². The van der Waals surface area contributed by atoms with Gasteiger partial charge in [0, 0.05) is 11.8 Å². The Morgan fingerprint density at radius 2 is 2.21 bits per heavy atom. The molecular formula is C10H17BrN2S. The first-order valence-corrected chi connectivity index (χ1v) is 6.53. The third-order valence-electron chi connectivity index (χ3n) is 1.95. The Morgan fingerprint density at radius 3 is 2.71 bits per heavy atom. The molecule has 1 aromatic heterocycles. The van der Waals surface area contributed by atoms with Gasteiger partial charge in [-0.05, 0) is 12.0 Å². The Labute approximate surface area is 98.1 Å². The van der Waals surface area contributed by atoms with Crippen LogP contribution in [0.5, 0.6) is 0 Å². The maximum atomic E-state index is 5.48. The van der Waals surface area contributed by atoms with E-state index in [9.17, 15) is 0 Å². The summed E-state index contributed by atoms with van der Waals surface area (Å²) in [5, 5.41) is 3.25. The lowest BCUT2D eigenvalue weighted by Crippen LogP contribution is -2.12. The van der Waals surface area contributed by atoms with Crippen molar-refractivity contribution >= 4 is 27.3 Å². The summed E-state index contributed by atoms with van der Waals surface area (Å²) >= 11 is 5.40. The van der Waals surface area contributed by atoms with Crippen molar-refractivity contribution in [2.45, 2.75) is 32.0 Å². The van der Waals surface area contributed by atoms with Gasteiger partial charge in [0.25, 0.3) is 0 Å². The van der Waals surface area contributed by atoms with Gasteiger partial charge in [0.1, 0.15) is 5.01 Å². The van der Waals surface area contributed by atoms with E-state index in [-0.39, 0.29) is 5.41 Å². The molecule has 14 heavy (non-hydrogen) atoms. The average molecular weight is 277 g/mol. The first kappa shape index (κ1) is 12.1. The molecule has 2 nitrogen and oxygen atoms in total. The van der Waals surface area contributed by atoms with E-state index in [1.54, 1.807) is 11.3 Å². The van der Waals surface area contributed by atoms with Crippen molar-refractivity contribution in [3.8, 4) is 0 Å². The highest BCUT2D eigenvalue weighted by Crippen LogP contribution is 2.41. The predicted octanol–water partition coefficient (Wildman–Crippen LogP) is 3.13. The van der Waals surface area contributed by atoms with Crippen molar-refractivity contribution in [1.29, 1.82) is 0 Å². The summed E-state index contributed by atoms with van der Waals surface area (Å²) < 4.78 is 0. The number of alkyl halides is 1. The van der Waals surface area contributed by atoms with Crippen LogP contribution in [0.4, 0.5) is 0 Å². The molecule has 0 amide bonds. The van der Waals surface area contributed by atoms with E-state index in [4.69, 9.17) is 5.73 Å². The molecule has 0 aliphatic rings. The van der Waals surface area contributed by atoms with Crippen molar-refractivity contribution in [1.82, 2.24) is 4.98 Å². The minimum absolute atomic E-state index is 0.206. The van der Waals surface area contributed by atoms with Crippen molar-refractivity contribution in [2.75, 3.05) is 6.54 Å². The van der Waals surface area contributed by atoms with Crippen LogP contribution in [-0.4, -0.2) is 11.5 Å². The Bertz CT molecular complexity index is 291. The monoisotopic (exact) mass is 276 g/mol. The maximum Gasteiger partial charge on any atom is 0.107 e. The van der Waals surface area contributed by atoms with Crippen LogP contribution >= 0.6 is 27.3 Å². The molecule has 2 N–H and O–H groups in total. The van der Waals surface area contributed by atoms with E-state index in [1.165, 1.54) is 0 Å². The lowest BCUT2D eigenvalue weighted by molar-refractivity contribution is 0.406. The summed E-state index contributed by atoms with van der Waals surface area (Å²) in [5.41, 5.74) is 6.80. The van der Waals surface area contributed by atoms with E-state index in [0.717, 1.165) is 17.1 Å². The van der Waals surface area contributed by atoms with E-state index >= 15 is 0 Å². The van der Waals surface area contributed by atoms with Gasteiger partial charge in [-0.15, -0.1) is 11.3 Å². The number of halogens is 1. The second kappa shape index (κ2) is 4.73. The van der Waals surface area contributed by atoms with Crippen molar-refractivity contribution in [3.63, 3.8) is 0 Å². The molecule has 80 valence electrons. The molecule has 0 fully saturated rings. The number of thiazole rings is 1. The van der Waals surface area contributed by atoms with Crippen LogP contribution in [-0.2, 0) is 6.42 Å². The van der Waals surface area contributed by atoms with E-state index in [0.29, 0.717) is 11.4 Å². The number of nitrogens with two attached hydrogens (primary N) is 1. The largest absolute Gasteiger partial charge is 0.330 e. The van der Waals surface area contributed by atoms with Crippen molar-refractivity contribution in [2.24, 2.45) is 11.1 Å². The van der Waals surface area contributed by atoms with Crippen LogP contribution in [0.1, 0.15) is 36.3 Å². The Kier molecular flexibility index (Phi) is 4.10. The van der Waals surface area contributed by atoms with Crippen LogP contribution < -0.4 is 5.73 Å². The molecule has 0 aliphatic carbocycles. The zero-order chi connectivity index (χ0) is 10.8. The number of nitrogens with zero attached hydrogens (tertiary/aromatic N) is 1. The molecule has 1 atom stereocenters. The summed E-state index contributed by atoms with van der Waals surface area (Å²) in [6.45, 7) is 7.29. The van der Waals surface area contributed by atoms with Crippen LogP contribution in [0.15, 0.2) is 5.38 Å². The quantitative estimate of drug-likeness (QED) is 0.862. The Balaban J connectivity index is 2.76. The normalized spacial score (nSPS) is 14.4. The van der Waals surface area contributed by atoms with Gasteiger partial charge in [-0.2, -0.15) is 0 Å². The first-order chi connectivity index (χ1) is 6.45. The highest BCUT2D eigenvalue weighted by molar-refractivity contribution is 9.09. The average Bonchev–Trinajstić information content (AvgIpc) is 2.50. The molecule has 4 heteroatoms. The smallest absolute Gasteiger partial charge is 0.107 e. The fraction of sp³-hybridized carbons (Fsp3) is 0.700. The van der Waals surface area contributed by atoms with Crippen LogP contribution in [0.3, 0.4) is 0 Å². The summed E-state index contributed by atoms with van der Waals surface area (Å²) in [4.78, 5) is 4.88. The van der Waals surface area contributed by atoms with Crippen molar-refractivity contribution in [3.05, 3.63) is 16.1 Å². The van der Waals surface area contributed by atoms with Crippen LogP contribution in [0.2, 0.25) is 0 Å². The lowest BCUT2D eigenvalue weighted by atomic mass is 9.93. The number of aromatic nitrogens is 1. The molecule has 0 aliphatic heterocycles. The van der Waals surface area contributed by atoms with Crippen LogP contribution in [0.25, 0.3) is 0 Å². The molecule has 1 aromatic rings. The van der Waals surface area contributed by atoms with E-state index in [2.05, 4.69) is 47.1 Å². The molecule has 0 saturated carbocycles. The fourth-order valence-electron chi connectivity index (χ4n) is 1.07. The molecule has 0 radical (unpaired) electrons. The molecule has 1 rings (SSSR count). The zero-order valence-corrected chi connectivity index (χ0v) is 11.3. The standard InChI is InChI=1S/C10H17BrN2S/c1-10(2,3)8(11)9-13-7(4-5-12)6-14-9/h6,8H,4-5,12H2,1-3H3. The lowest BCUT2D eigenvalue weighted by Gasteiger charge is -2.23. The SMILES string of the molecule is CC(C)(C)C(Br)c1nc(CCN)cs1. The predicted molar refractivity (Wildman–Crippen MR) is 66.0 cm³/mol. The third-order valence-corrected chi connectivity index (χ3v) is 5.02. The highest BCUT2D eigenvalue weighted by atomic mass is 79.9. The van der Waals surface area contributed by atoms with Crippen molar-refractivity contribution < 1.29 is 0 Å². The third kappa shape index (κ3) is 3.04. The maximum absolute atomic E-state index is 5.48. The molecule has 1 unspecified atom stereocenters. The van der Waals surface area contributed by atoms with Gasteiger partial charge < -0.3 is 5.73 Å². The fourth-order valence-corrected chi connectivity index (χ4v) is 2.57. The van der Waals surface area contributed by atoms with E-state index < -0.39 is 0 Å². The minimum atomic E-state index is 0.206. The van der Waals surface area contributed by atoms with Gasteiger partial charge in [0.15, 0.2) is 0 Å². The molecule has 0 aromatic carbocycles. The summed E-state index contributed by atoms with van der Waals surface area (Å²) in [5.74, 6) is 0. The molecular weight excluding hydrogens is 260 g/mol. The number of hydrogen-bond acceptors (Lipinski definition) is 3. The second-order valence-electron chi connectivity index (χ2n) is 4.44. The summed E-state index contributed by atoms with van der Waals surface area (Å²) in [7, 11) is 0. The Hall–Kier alpha value is 0.0700. The number of hydrogen-bond donors (Lipinski definition) is 1. The Morgan fingerprint density at radius 1 is 1.57 bits per heavy atom. The topological polar surface area (TPSA) is 38.9 Å². The van der Waals surface area contributed by atoms with Gasteiger partial charge >= 0.3 is 0 Å².